The first-order chi connectivity index (χ1) is 8.31. The van der Waals surface area contributed by atoms with Gasteiger partial charge >= 0.3 is 0 Å². The van der Waals surface area contributed by atoms with Crippen molar-refractivity contribution < 1.29 is 4.74 Å². The molecule has 0 bridgehead atoms. The van der Waals surface area contributed by atoms with Gasteiger partial charge in [-0.15, -0.1) is 0 Å². The summed E-state index contributed by atoms with van der Waals surface area (Å²) in [5, 5.41) is 3.57. The number of nitrogens with one attached hydrogen (secondary N) is 1. The minimum atomic E-state index is 0.589. The average Bonchev–Trinajstić information content (AvgIpc) is 2.37. The molecule has 17 heavy (non-hydrogen) atoms. The van der Waals surface area contributed by atoms with Crippen molar-refractivity contribution in [1.82, 2.24) is 5.32 Å². The largest absolute Gasteiger partial charge is 0.493 e. The van der Waals surface area contributed by atoms with E-state index in [-0.39, 0.29) is 0 Å². The summed E-state index contributed by atoms with van der Waals surface area (Å²) in [5.41, 5.74) is 1.39. The summed E-state index contributed by atoms with van der Waals surface area (Å²) < 4.78 is 5.70. The van der Waals surface area contributed by atoms with Crippen LogP contribution in [0.25, 0.3) is 0 Å². The second kappa shape index (κ2) is 6.06. The van der Waals surface area contributed by atoms with Crippen LogP contribution in [-0.4, -0.2) is 19.2 Å². The zero-order valence-corrected chi connectivity index (χ0v) is 10.9. The van der Waals surface area contributed by atoms with Crippen molar-refractivity contribution in [2.24, 2.45) is 0 Å². The van der Waals surface area contributed by atoms with Gasteiger partial charge in [-0.25, -0.2) is 0 Å². The third kappa shape index (κ3) is 3.22. The van der Waals surface area contributed by atoms with Crippen molar-refractivity contribution in [3.05, 3.63) is 29.8 Å². The Morgan fingerprint density at radius 1 is 1.41 bits per heavy atom. The molecule has 2 rings (SSSR count). The van der Waals surface area contributed by atoms with Crippen LogP contribution in [0.5, 0.6) is 5.75 Å². The number of fused-ring (bicyclic) bond motifs is 1. The molecule has 0 radical (unpaired) electrons. The second-order valence-corrected chi connectivity index (χ2v) is 4.96. The summed E-state index contributed by atoms with van der Waals surface area (Å²) in [6.07, 6.45) is 3.56. The van der Waals surface area contributed by atoms with Crippen LogP contribution in [0.1, 0.15) is 44.6 Å². The number of hydrogen-bond donors (Lipinski definition) is 1. The highest BCUT2D eigenvalue weighted by molar-refractivity contribution is 5.37. The van der Waals surface area contributed by atoms with E-state index in [4.69, 9.17) is 4.74 Å². The minimum Gasteiger partial charge on any atom is -0.493 e. The molecule has 1 aromatic rings. The first-order valence-corrected chi connectivity index (χ1v) is 6.76. The smallest absolute Gasteiger partial charge is 0.122 e. The quantitative estimate of drug-likeness (QED) is 0.842. The fraction of sp³-hybridized carbons (Fsp3) is 0.600. The van der Waals surface area contributed by atoms with E-state index in [1.165, 1.54) is 18.4 Å². The lowest BCUT2D eigenvalue weighted by molar-refractivity contribution is 0.256. The Hall–Kier alpha value is -1.02. The summed E-state index contributed by atoms with van der Waals surface area (Å²) in [4.78, 5) is 0. The highest BCUT2D eigenvalue weighted by Crippen LogP contribution is 2.35. The molecule has 2 atom stereocenters. The van der Waals surface area contributed by atoms with E-state index >= 15 is 0 Å². The lowest BCUT2D eigenvalue weighted by atomic mass is 9.88. The van der Waals surface area contributed by atoms with Crippen molar-refractivity contribution in [2.75, 3.05) is 13.2 Å². The highest BCUT2D eigenvalue weighted by atomic mass is 16.5. The van der Waals surface area contributed by atoms with Gasteiger partial charge in [0.1, 0.15) is 5.75 Å². The van der Waals surface area contributed by atoms with Gasteiger partial charge in [0.25, 0.3) is 0 Å². The van der Waals surface area contributed by atoms with Crippen LogP contribution >= 0.6 is 0 Å². The molecule has 1 heterocycles. The lowest BCUT2D eigenvalue weighted by Gasteiger charge is -2.28. The van der Waals surface area contributed by atoms with E-state index < -0.39 is 0 Å². The predicted molar refractivity (Wildman–Crippen MR) is 71.7 cm³/mol. The van der Waals surface area contributed by atoms with Crippen molar-refractivity contribution in [3.63, 3.8) is 0 Å². The number of para-hydroxylation sites is 1. The monoisotopic (exact) mass is 233 g/mol. The SMILES string of the molecule is CCCNC(C)CC1CCOc2ccccc21. The molecule has 0 aromatic heterocycles. The lowest BCUT2D eigenvalue weighted by Crippen LogP contribution is -2.29. The van der Waals surface area contributed by atoms with Gasteiger partial charge in [0.15, 0.2) is 0 Å². The molecule has 1 aliphatic heterocycles. The first-order valence-electron chi connectivity index (χ1n) is 6.76. The Balaban J connectivity index is 1.98. The molecule has 1 aromatic carbocycles. The summed E-state index contributed by atoms with van der Waals surface area (Å²) >= 11 is 0. The summed E-state index contributed by atoms with van der Waals surface area (Å²) in [5.74, 6) is 1.74. The molecule has 94 valence electrons. The molecular formula is C15H23NO. The maximum atomic E-state index is 5.70. The molecule has 0 saturated carbocycles. The van der Waals surface area contributed by atoms with Crippen LogP contribution in [0.15, 0.2) is 24.3 Å². The molecule has 0 amide bonds. The molecule has 0 saturated heterocycles. The van der Waals surface area contributed by atoms with Crippen LogP contribution in [0.4, 0.5) is 0 Å². The Morgan fingerprint density at radius 3 is 3.06 bits per heavy atom. The van der Waals surface area contributed by atoms with Crippen molar-refractivity contribution in [1.29, 1.82) is 0 Å². The van der Waals surface area contributed by atoms with Gasteiger partial charge in [0, 0.05) is 6.04 Å². The molecular weight excluding hydrogens is 210 g/mol. The Labute approximate surface area is 104 Å². The van der Waals surface area contributed by atoms with Crippen LogP contribution in [-0.2, 0) is 0 Å². The second-order valence-electron chi connectivity index (χ2n) is 4.96. The third-order valence-electron chi connectivity index (χ3n) is 3.46. The molecule has 2 nitrogen and oxygen atoms in total. The standard InChI is InChI=1S/C15H23NO/c1-3-9-16-12(2)11-13-8-10-17-15-7-5-4-6-14(13)15/h4-7,12-13,16H,3,8-11H2,1-2H3. The average molecular weight is 233 g/mol. The maximum Gasteiger partial charge on any atom is 0.122 e. The van der Waals surface area contributed by atoms with Gasteiger partial charge in [-0.3, -0.25) is 0 Å². The molecule has 0 aliphatic carbocycles. The predicted octanol–water partition coefficient (Wildman–Crippen LogP) is 3.33. The summed E-state index contributed by atoms with van der Waals surface area (Å²) in [6.45, 7) is 6.48. The fourth-order valence-electron chi connectivity index (χ4n) is 2.56. The topological polar surface area (TPSA) is 21.3 Å². The molecule has 2 unspecified atom stereocenters. The zero-order valence-electron chi connectivity index (χ0n) is 10.9. The van der Waals surface area contributed by atoms with Crippen molar-refractivity contribution in [3.8, 4) is 5.75 Å². The van der Waals surface area contributed by atoms with Gasteiger partial charge in [-0.2, -0.15) is 0 Å². The zero-order chi connectivity index (χ0) is 12.1. The summed E-state index contributed by atoms with van der Waals surface area (Å²) in [7, 11) is 0. The highest BCUT2D eigenvalue weighted by Gasteiger charge is 2.22. The Morgan fingerprint density at radius 2 is 2.24 bits per heavy atom. The number of rotatable bonds is 5. The van der Waals surface area contributed by atoms with Gasteiger partial charge in [-0.05, 0) is 50.3 Å². The van der Waals surface area contributed by atoms with E-state index in [0.29, 0.717) is 12.0 Å². The normalized spacial score (nSPS) is 20.5. The van der Waals surface area contributed by atoms with E-state index in [2.05, 4.69) is 43.4 Å². The molecule has 1 aliphatic rings. The Kier molecular flexibility index (Phi) is 4.43. The Bertz CT molecular complexity index is 351. The van der Waals surface area contributed by atoms with Gasteiger partial charge in [0.05, 0.1) is 6.61 Å². The van der Waals surface area contributed by atoms with E-state index in [0.717, 1.165) is 25.3 Å². The van der Waals surface area contributed by atoms with Gasteiger partial charge < -0.3 is 10.1 Å². The fourth-order valence-corrected chi connectivity index (χ4v) is 2.56. The van der Waals surface area contributed by atoms with Gasteiger partial charge in [0.2, 0.25) is 0 Å². The number of ether oxygens (including phenoxy) is 1. The van der Waals surface area contributed by atoms with Crippen molar-refractivity contribution in [2.45, 2.75) is 45.1 Å². The van der Waals surface area contributed by atoms with E-state index in [1.54, 1.807) is 0 Å². The van der Waals surface area contributed by atoms with E-state index in [9.17, 15) is 0 Å². The number of hydrogen-bond acceptors (Lipinski definition) is 2. The number of benzene rings is 1. The van der Waals surface area contributed by atoms with Crippen LogP contribution in [0.2, 0.25) is 0 Å². The van der Waals surface area contributed by atoms with E-state index in [1.807, 2.05) is 0 Å². The van der Waals surface area contributed by atoms with Crippen LogP contribution in [0, 0.1) is 0 Å². The molecule has 0 spiro atoms. The molecule has 2 heteroatoms. The van der Waals surface area contributed by atoms with Gasteiger partial charge in [-0.1, -0.05) is 25.1 Å². The first kappa shape index (κ1) is 12.4. The van der Waals surface area contributed by atoms with Crippen LogP contribution < -0.4 is 10.1 Å². The molecule has 0 fully saturated rings. The summed E-state index contributed by atoms with van der Waals surface area (Å²) in [6, 6.07) is 9.06. The molecule has 1 N–H and O–H groups in total. The third-order valence-corrected chi connectivity index (χ3v) is 3.46. The van der Waals surface area contributed by atoms with Crippen molar-refractivity contribution >= 4 is 0 Å². The minimum absolute atomic E-state index is 0.589. The maximum absolute atomic E-state index is 5.70. The van der Waals surface area contributed by atoms with Crippen LogP contribution in [0.3, 0.4) is 0 Å².